The van der Waals surface area contributed by atoms with E-state index in [4.69, 9.17) is 9.47 Å². The molecule has 2 atom stereocenters. The Kier molecular flexibility index (Phi) is 9.30. The zero-order chi connectivity index (χ0) is 29.2. The Balaban J connectivity index is 1.57. The van der Waals surface area contributed by atoms with E-state index in [1.54, 1.807) is 6.92 Å². The van der Waals surface area contributed by atoms with Crippen molar-refractivity contribution in [1.82, 2.24) is 14.5 Å². The third-order valence-corrected chi connectivity index (χ3v) is 9.88. The number of hydrogen-bond acceptors (Lipinski definition) is 9. The van der Waals surface area contributed by atoms with Gasteiger partial charge in [0.2, 0.25) is 10.0 Å². The van der Waals surface area contributed by atoms with Gasteiger partial charge in [0.05, 0.1) is 29.3 Å². The lowest BCUT2D eigenvalue weighted by Gasteiger charge is -2.34. The molecule has 4 rings (SSSR count). The van der Waals surface area contributed by atoms with Crippen LogP contribution in [0.4, 0.5) is 9.80 Å². The number of anilines is 1. The van der Waals surface area contributed by atoms with Gasteiger partial charge in [0.25, 0.3) is 11.8 Å². The first-order valence-corrected chi connectivity index (χ1v) is 15.6. The van der Waals surface area contributed by atoms with Crippen molar-refractivity contribution in [1.29, 1.82) is 0 Å². The highest BCUT2D eigenvalue weighted by atomic mass is 32.2. The second-order valence-electron chi connectivity index (χ2n) is 10.3. The van der Waals surface area contributed by atoms with E-state index >= 15 is 0 Å². The van der Waals surface area contributed by atoms with Gasteiger partial charge in [-0.05, 0) is 70.9 Å². The smallest absolute Gasteiger partial charge is 0.414 e. The van der Waals surface area contributed by atoms with Crippen molar-refractivity contribution in [2.24, 2.45) is 0 Å². The third kappa shape index (κ3) is 6.55. The number of benzene rings is 1. The van der Waals surface area contributed by atoms with Crippen molar-refractivity contribution in [3.05, 3.63) is 45.8 Å². The van der Waals surface area contributed by atoms with E-state index in [2.05, 4.69) is 29.4 Å². The number of hydrogen-bond donors (Lipinski definition) is 2. The number of carbonyl (C=O) groups excluding carboxylic acids is 3. The number of amides is 3. The number of carbonyl (C=O) groups is 3. The number of nitrogens with one attached hydrogen (secondary N) is 2. The number of sulfonamides is 1. The molecule has 40 heavy (non-hydrogen) atoms. The van der Waals surface area contributed by atoms with Crippen molar-refractivity contribution >= 4 is 44.3 Å². The van der Waals surface area contributed by atoms with Crippen LogP contribution in [-0.4, -0.2) is 80.0 Å². The molecule has 3 heterocycles. The molecule has 2 N–H and O–H groups in total. The van der Waals surface area contributed by atoms with Gasteiger partial charge in [0.15, 0.2) is 0 Å². The van der Waals surface area contributed by atoms with Crippen LogP contribution in [0.5, 0.6) is 0 Å². The molecule has 1 aromatic heterocycles. The quantitative estimate of drug-likeness (QED) is 0.499. The van der Waals surface area contributed by atoms with Crippen LogP contribution in [0.2, 0.25) is 0 Å². The summed E-state index contributed by atoms with van der Waals surface area (Å²) >= 11 is 1.30. The molecule has 0 saturated carbocycles. The summed E-state index contributed by atoms with van der Waals surface area (Å²) in [5, 5.41) is 5.39. The highest BCUT2D eigenvalue weighted by molar-refractivity contribution is 7.89. The topological polar surface area (TPSA) is 134 Å². The van der Waals surface area contributed by atoms with Gasteiger partial charge in [-0.3, -0.25) is 19.8 Å². The molecule has 2 aliphatic rings. The molecule has 218 valence electrons. The summed E-state index contributed by atoms with van der Waals surface area (Å²) in [7, 11) is -3.76. The predicted octanol–water partition coefficient (Wildman–Crippen LogP) is 3.45. The third-order valence-electron chi connectivity index (χ3n) is 6.90. The summed E-state index contributed by atoms with van der Waals surface area (Å²) in [5.74, 6) is -1.14. The van der Waals surface area contributed by atoms with Crippen LogP contribution >= 0.6 is 11.3 Å². The molecule has 2 aliphatic heterocycles. The Bertz CT molecular complexity index is 1360. The molecule has 1 aromatic carbocycles. The molecule has 0 aliphatic carbocycles. The summed E-state index contributed by atoms with van der Waals surface area (Å²) in [6.07, 6.45) is -0.701. The lowest BCUT2D eigenvalue weighted by molar-refractivity contribution is -0.0440. The van der Waals surface area contributed by atoms with Crippen molar-refractivity contribution in [3.63, 3.8) is 0 Å². The molecule has 11 nitrogen and oxygen atoms in total. The average Bonchev–Trinajstić information content (AvgIpc) is 3.25. The van der Waals surface area contributed by atoms with Crippen molar-refractivity contribution in [2.45, 2.75) is 70.7 Å². The summed E-state index contributed by atoms with van der Waals surface area (Å²) < 4.78 is 38.3. The molecular formula is C27H36N4O7S2. The molecule has 0 spiro atoms. The van der Waals surface area contributed by atoms with Crippen LogP contribution in [0.3, 0.4) is 0 Å². The van der Waals surface area contributed by atoms with Crippen molar-refractivity contribution in [3.8, 4) is 0 Å². The van der Waals surface area contributed by atoms with Crippen molar-refractivity contribution in [2.75, 3.05) is 31.6 Å². The maximum absolute atomic E-state index is 13.2. The number of fused-ring (bicyclic) bond motifs is 1. The van der Waals surface area contributed by atoms with Gasteiger partial charge >= 0.3 is 6.09 Å². The first kappa shape index (κ1) is 30.1. The Hall–Kier alpha value is -2.84. The highest BCUT2D eigenvalue weighted by Gasteiger charge is 2.33. The van der Waals surface area contributed by atoms with Crippen LogP contribution in [0, 0.1) is 0 Å². The molecule has 2 aromatic rings. The standard InChI is InChI=1S/C27H36N4O7S2/c1-6-37-27(34)29-25(33)23-21-11-12-30(16(2)3)15-22(21)39-26(23)28-24(32)19-7-9-20(10-8-19)40(35,36)31-13-17(4)38-18(5)14-31/h7-10,16-18H,6,11-15H2,1-5H3,(H,28,32)(H,29,33,34). The van der Waals surface area contributed by atoms with Crippen LogP contribution in [-0.2, 0) is 32.5 Å². The number of alkyl carbamates (subject to hydrolysis) is 1. The lowest BCUT2D eigenvalue weighted by Crippen LogP contribution is -2.48. The Morgan fingerprint density at radius 3 is 2.35 bits per heavy atom. The highest BCUT2D eigenvalue weighted by Crippen LogP contribution is 2.38. The van der Waals surface area contributed by atoms with E-state index in [1.165, 1.54) is 39.9 Å². The van der Waals surface area contributed by atoms with E-state index in [1.807, 2.05) is 13.8 Å². The van der Waals surface area contributed by atoms with Gasteiger partial charge in [-0.2, -0.15) is 4.31 Å². The van der Waals surface area contributed by atoms with Crippen LogP contribution in [0.1, 0.15) is 65.8 Å². The van der Waals surface area contributed by atoms with E-state index < -0.39 is 27.9 Å². The number of nitrogens with zero attached hydrogens (tertiary/aromatic N) is 2. The maximum atomic E-state index is 13.2. The molecule has 3 amide bonds. The minimum Gasteiger partial charge on any atom is -0.450 e. The Morgan fingerprint density at radius 1 is 1.10 bits per heavy atom. The van der Waals surface area contributed by atoms with Gasteiger partial charge in [-0.1, -0.05) is 0 Å². The number of imide groups is 1. The van der Waals surface area contributed by atoms with E-state index in [0.29, 0.717) is 24.0 Å². The minimum absolute atomic E-state index is 0.0835. The predicted molar refractivity (Wildman–Crippen MR) is 151 cm³/mol. The van der Waals surface area contributed by atoms with Crippen LogP contribution < -0.4 is 10.6 Å². The summed E-state index contributed by atoms with van der Waals surface area (Å²) in [6.45, 7) is 11.5. The van der Waals surface area contributed by atoms with Crippen LogP contribution in [0.15, 0.2) is 29.2 Å². The number of morpholine rings is 1. The number of ether oxygens (including phenoxy) is 2. The van der Waals surface area contributed by atoms with Gasteiger partial charge in [-0.15, -0.1) is 11.3 Å². The van der Waals surface area contributed by atoms with Gasteiger partial charge < -0.3 is 14.8 Å². The second kappa shape index (κ2) is 12.4. The SMILES string of the molecule is CCOC(=O)NC(=O)c1c(NC(=O)c2ccc(S(=O)(=O)N3CC(C)OC(C)C3)cc2)sc2c1CCN(C(C)C)C2. The molecule has 13 heteroatoms. The molecule has 0 bridgehead atoms. The Labute approximate surface area is 238 Å². The maximum Gasteiger partial charge on any atom is 0.414 e. The number of rotatable bonds is 7. The molecule has 1 fully saturated rings. The average molecular weight is 593 g/mol. The molecular weight excluding hydrogens is 556 g/mol. The molecule has 1 saturated heterocycles. The summed E-state index contributed by atoms with van der Waals surface area (Å²) in [4.78, 5) is 41.6. The zero-order valence-electron chi connectivity index (χ0n) is 23.4. The van der Waals surface area contributed by atoms with Gasteiger partial charge in [0.1, 0.15) is 5.00 Å². The van der Waals surface area contributed by atoms with Gasteiger partial charge in [0, 0.05) is 42.7 Å². The fourth-order valence-corrected chi connectivity index (χ4v) is 7.80. The largest absolute Gasteiger partial charge is 0.450 e. The summed E-state index contributed by atoms with van der Waals surface area (Å²) in [6, 6.07) is 6.01. The summed E-state index contributed by atoms with van der Waals surface area (Å²) in [5.41, 5.74) is 1.28. The first-order valence-electron chi connectivity index (χ1n) is 13.3. The lowest BCUT2D eigenvalue weighted by atomic mass is 10.0. The minimum atomic E-state index is -3.76. The van der Waals surface area contributed by atoms with Gasteiger partial charge in [-0.25, -0.2) is 13.2 Å². The van der Waals surface area contributed by atoms with E-state index in [-0.39, 0.29) is 47.9 Å². The van der Waals surface area contributed by atoms with Crippen LogP contribution in [0.25, 0.3) is 0 Å². The number of thiophene rings is 1. The fraction of sp³-hybridized carbons (Fsp3) is 0.519. The molecule has 2 unspecified atom stereocenters. The first-order chi connectivity index (χ1) is 18.9. The van der Waals surface area contributed by atoms with E-state index in [9.17, 15) is 22.8 Å². The molecule has 0 radical (unpaired) electrons. The monoisotopic (exact) mass is 592 g/mol. The van der Waals surface area contributed by atoms with Crippen molar-refractivity contribution < 1.29 is 32.3 Å². The van der Waals surface area contributed by atoms with E-state index in [0.717, 1.165) is 17.0 Å². The zero-order valence-corrected chi connectivity index (χ0v) is 25.0. The normalized spacial score (nSPS) is 20.1. The second-order valence-corrected chi connectivity index (χ2v) is 13.3. The Morgan fingerprint density at radius 2 is 1.75 bits per heavy atom. The fourth-order valence-electron chi connectivity index (χ4n) is 4.94.